The molecule has 0 saturated heterocycles. The number of hydrogen-bond acceptors (Lipinski definition) is 4. The average molecular weight is 443 g/mol. The number of hydrogen-bond donors (Lipinski definition) is 0. The summed E-state index contributed by atoms with van der Waals surface area (Å²) in [5.74, 6) is -0.416. The lowest BCUT2D eigenvalue weighted by molar-refractivity contribution is 0.0710. The maximum atomic E-state index is 12.3. The van der Waals surface area contributed by atoms with E-state index < -0.39 is 16.6 Å². The van der Waals surface area contributed by atoms with Crippen LogP contribution in [0.3, 0.4) is 0 Å². The van der Waals surface area contributed by atoms with Gasteiger partial charge < -0.3 is 8.85 Å². The number of benzene rings is 2. The SMILES string of the molecule is C[Si](C)(CCCCCC[Si](C)(C)OC(=O)c1ccccc1)OC(=O)c1ccccc1. The number of carbonyl (C=O) groups excluding carboxylic acids is 2. The van der Waals surface area contributed by atoms with Gasteiger partial charge in [-0.15, -0.1) is 0 Å². The summed E-state index contributed by atoms with van der Waals surface area (Å²) in [5, 5.41) is 0. The minimum atomic E-state index is -2.02. The van der Waals surface area contributed by atoms with E-state index in [2.05, 4.69) is 26.2 Å². The van der Waals surface area contributed by atoms with Crippen molar-refractivity contribution in [3.05, 3.63) is 71.8 Å². The van der Waals surface area contributed by atoms with Crippen LogP contribution >= 0.6 is 0 Å². The first kappa shape index (κ1) is 24.1. The van der Waals surface area contributed by atoms with Crippen LogP contribution in [0.25, 0.3) is 0 Å². The summed E-state index contributed by atoms with van der Waals surface area (Å²) < 4.78 is 11.6. The van der Waals surface area contributed by atoms with Gasteiger partial charge in [-0.05, 0) is 62.5 Å². The van der Waals surface area contributed by atoms with Gasteiger partial charge in [-0.1, -0.05) is 62.1 Å². The van der Waals surface area contributed by atoms with Gasteiger partial charge in [0, 0.05) is 0 Å². The summed E-state index contributed by atoms with van der Waals surface area (Å²) in [4.78, 5) is 24.5. The molecule has 0 aliphatic carbocycles. The van der Waals surface area contributed by atoms with Crippen LogP contribution in [-0.4, -0.2) is 28.6 Å². The van der Waals surface area contributed by atoms with E-state index in [9.17, 15) is 9.59 Å². The highest BCUT2D eigenvalue weighted by molar-refractivity contribution is 6.73. The molecule has 0 aliphatic heterocycles. The molecule has 2 aromatic rings. The van der Waals surface area contributed by atoms with E-state index in [0.717, 1.165) is 37.8 Å². The molecule has 0 aromatic heterocycles. The fourth-order valence-electron chi connectivity index (χ4n) is 3.33. The van der Waals surface area contributed by atoms with Crippen LogP contribution in [0.5, 0.6) is 0 Å². The summed E-state index contributed by atoms with van der Waals surface area (Å²) in [6.45, 7) is 8.42. The van der Waals surface area contributed by atoms with Crippen LogP contribution in [0.1, 0.15) is 46.4 Å². The van der Waals surface area contributed by atoms with E-state index in [-0.39, 0.29) is 11.9 Å². The quantitative estimate of drug-likeness (QED) is 0.288. The van der Waals surface area contributed by atoms with Crippen molar-refractivity contribution in [2.45, 2.75) is 64.0 Å². The molecule has 0 spiro atoms. The predicted octanol–water partition coefficient (Wildman–Crippen LogP) is 6.67. The van der Waals surface area contributed by atoms with Gasteiger partial charge in [-0.25, -0.2) is 9.59 Å². The van der Waals surface area contributed by atoms with Crippen LogP contribution in [0, 0.1) is 0 Å². The molecule has 4 nitrogen and oxygen atoms in total. The Morgan fingerprint density at radius 2 is 0.933 bits per heavy atom. The summed E-state index contributed by atoms with van der Waals surface area (Å²) in [7, 11) is -4.03. The van der Waals surface area contributed by atoms with Gasteiger partial charge in [0.05, 0.1) is 11.1 Å². The van der Waals surface area contributed by atoms with Crippen LogP contribution in [0.4, 0.5) is 0 Å². The molecule has 6 heteroatoms. The summed E-state index contributed by atoms with van der Waals surface area (Å²) in [5.41, 5.74) is 1.24. The third kappa shape index (κ3) is 8.67. The fourth-order valence-corrected chi connectivity index (χ4v) is 6.97. The molecule has 0 aliphatic rings. The Kier molecular flexibility index (Phi) is 9.05. The number of rotatable bonds is 11. The Morgan fingerprint density at radius 1 is 0.600 bits per heavy atom. The normalized spacial score (nSPS) is 11.7. The molecule has 0 radical (unpaired) electrons. The molecule has 30 heavy (non-hydrogen) atoms. The van der Waals surface area contributed by atoms with Crippen molar-refractivity contribution in [3.63, 3.8) is 0 Å². The van der Waals surface area contributed by atoms with E-state index in [4.69, 9.17) is 8.85 Å². The largest absolute Gasteiger partial charge is 0.516 e. The first-order valence-corrected chi connectivity index (χ1v) is 17.0. The van der Waals surface area contributed by atoms with E-state index in [1.165, 1.54) is 0 Å². The van der Waals surface area contributed by atoms with E-state index in [1.54, 1.807) is 24.3 Å². The Hall–Kier alpha value is -2.19. The molecule has 0 unspecified atom stereocenters. The highest BCUT2D eigenvalue weighted by atomic mass is 28.4. The summed E-state index contributed by atoms with van der Waals surface area (Å²) in [6.07, 6.45) is 4.34. The minimum Gasteiger partial charge on any atom is -0.516 e. The second kappa shape index (κ2) is 11.3. The summed E-state index contributed by atoms with van der Waals surface area (Å²) >= 11 is 0. The van der Waals surface area contributed by atoms with E-state index >= 15 is 0 Å². The lowest BCUT2D eigenvalue weighted by Gasteiger charge is -2.24. The molecule has 0 fully saturated rings. The van der Waals surface area contributed by atoms with Crippen LogP contribution in [0.2, 0.25) is 38.3 Å². The zero-order valence-corrected chi connectivity index (χ0v) is 20.6. The zero-order chi connectivity index (χ0) is 22.0. The number of carbonyl (C=O) groups is 2. The van der Waals surface area contributed by atoms with Crippen LogP contribution in [-0.2, 0) is 8.85 Å². The Labute approximate surface area is 182 Å². The molecular formula is C24H34O4Si2. The van der Waals surface area contributed by atoms with Gasteiger partial charge in [0.25, 0.3) is 0 Å². The minimum absolute atomic E-state index is 0.208. The van der Waals surface area contributed by atoms with Crippen molar-refractivity contribution in [2.75, 3.05) is 0 Å². The highest BCUT2D eigenvalue weighted by Gasteiger charge is 2.28. The molecular weight excluding hydrogens is 408 g/mol. The van der Waals surface area contributed by atoms with E-state index in [0.29, 0.717) is 11.1 Å². The van der Waals surface area contributed by atoms with Gasteiger partial charge in [-0.3, -0.25) is 0 Å². The Bertz CT molecular complexity index is 735. The van der Waals surface area contributed by atoms with Gasteiger partial charge in [0.15, 0.2) is 0 Å². The highest BCUT2D eigenvalue weighted by Crippen LogP contribution is 2.22. The van der Waals surface area contributed by atoms with Crippen molar-refractivity contribution < 1.29 is 18.4 Å². The monoisotopic (exact) mass is 442 g/mol. The third-order valence-electron chi connectivity index (χ3n) is 5.06. The molecule has 2 aromatic carbocycles. The summed E-state index contributed by atoms with van der Waals surface area (Å²) in [6, 6.07) is 20.3. The Balaban J connectivity index is 1.64. The fraction of sp³-hybridized carbons (Fsp3) is 0.417. The second-order valence-corrected chi connectivity index (χ2v) is 17.4. The lowest BCUT2D eigenvalue weighted by Crippen LogP contribution is -2.33. The van der Waals surface area contributed by atoms with Crippen molar-refractivity contribution in [3.8, 4) is 0 Å². The second-order valence-electron chi connectivity index (χ2n) is 8.94. The van der Waals surface area contributed by atoms with Crippen LogP contribution in [0.15, 0.2) is 60.7 Å². The third-order valence-corrected chi connectivity index (χ3v) is 9.66. The van der Waals surface area contributed by atoms with Gasteiger partial charge in [-0.2, -0.15) is 0 Å². The molecule has 0 heterocycles. The van der Waals surface area contributed by atoms with Crippen molar-refractivity contribution in [2.24, 2.45) is 0 Å². The standard InChI is InChI=1S/C24H34O4Si2/c1-29(2,27-23(25)21-15-9-7-10-16-21)19-13-5-6-14-20-30(3,4)28-24(26)22-17-11-8-12-18-22/h7-12,15-18H,5-6,13-14,19-20H2,1-4H3. The topological polar surface area (TPSA) is 52.6 Å². The van der Waals surface area contributed by atoms with Crippen molar-refractivity contribution in [1.29, 1.82) is 0 Å². The predicted molar refractivity (Wildman–Crippen MR) is 127 cm³/mol. The molecule has 162 valence electrons. The zero-order valence-electron chi connectivity index (χ0n) is 18.6. The molecule has 0 amide bonds. The van der Waals surface area contributed by atoms with Crippen LogP contribution < -0.4 is 0 Å². The first-order chi connectivity index (χ1) is 14.2. The number of unbranched alkanes of at least 4 members (excludes halogenated alkanes) is 3. The molecule has 0 N–H and O–H groups in total. The van der Waals surface area contributed by atoms with Crippen molar-refractivity contribution >= 4 is 28.6 Å². The lowest BCUT2D eigenvalue weighted by atomic mass is 10.2. The van der Waals surface area contributed by atoms with Gasteiger partial charge in [0.2, 0.25) is 16.6 Å². The Morgan fingerprint density at radius 3 is 1.27 bits per heavy atom. The van der Waals surface area contributed by atoms with E-state index in [1.807, 2.05) is 36.4 Å². The maximum Gasteiger partial charge on any atom is 0.324 e. The molecule has 0 atom stereocenters. The molecule has 2 rings (SSSR count). The molecule has 0 saturated carbocycles. The smallest absolute Gasteiger partial charge is 0.324 e. The van der Waals surface area contributed by atoms with Crippen molar-refractivity contribution in [1.82, 2.24) is 0 Å². The first-order valence-electron chi connectivity index (χ1n) is 10.8. The average Bonchev–Trinajstić information content (AvgIpc) is 2.71. The maximum absolute atomic E-state index is 12.3. The molecule has 0 bridgehead atoms. The van der Waals surface area contributed by atoms with Gasteiger partial charge in [0.1, 0.15) is 0 Å². The van der Waals surface area contributed by atoms with Gasteiger partial charge >= 0.3 is 11.9 Å².